The van der Waals surface area contributed by atoms with Gasteiger partial charge in [0, 0.05) is 50.1 Å². The van der Waals surface area contributed by atoms with Crippen molar-refractivity contribution in [3.05, 3.63) is 35.9 Å². The molecule has 2 fully saturated rings. The zero-order valence-electron chi connectivity index (χ0n) is 18.2. The number of nitrogens with one attached hydrogen (secondary N) is 3. The van der Waals surface area contributed by atoms with Crippen molar-refractivity contribution in [2.75, 3.05) is 23.7 Å². The zero-order chi connectivity index (χ0) is 21.9. The lowest BCUT2D eigenvalue weighted by molar-refractivity contribution is 0.0712. The molecule has 0 atom stereocenters. The highest BCUT2D eigenvalue weighted by Crippen LogP contribution is 2.34. The van der Waals surface area contributed by atoms with E-state index < -0.39 is 0 Å². The van der Waals surface area contributed by atoms with Gasteiger partial charge in [-0.25, -0.2) is 4.98 Å². The number of rotatable bonds is 6. The van der Waals surface area contributed by atoms with Gasteiger partial charge < -0.3 is 15.5 Å². The summed E-state index contributed by atoms with van der Waals surface area (Å²) in [6.45, 7) is 1.31. The lowest BCUT2D eigenvalue weighted by Gasteiger charge is -2.31. The van der Waals surface area contributed by atoms with Gasteiger partial charge in [-0.3, -0.25) is 14.6 Å². The van der Waals surface area contributed by atoms with E-state index in [0.29, 0.717) is 36.5 Å². The highest BCUT2D eigenvalue weighted by Gasteiger charge is 2.25. The van der Waals surface area contributed by atoms with Crippen molar-refractivity contribution < 1.29 is 4.79 Å². The summed E-state index contributed by atoms with van der Waals surface area (Å²) in [5, 5.41) is 22.0. The third-order valence-electron chi connectivity index (χ3n) is 6.24. The number of likely N-dealkylation sites (tertiary alicyclic amines) is 1. The Morgan fingerprint density at radius 3 is 2.72 bits per heavy atom. The van der Waals surface area contributed by atoms with Gasteiger partial charge in [0.1, 0.15) is 5.82 Å². The zero-order valence-corrected chi connectivity index (χ0v) is 18.2. The quantitative estimate of drug-likeness (QED) is 0.537. The van der Waals surface area contributed by atoms with Gasteiger partial charge in [0.05, 0.1) is 6.20 Å². The van der Waals surface area contributed by atoms with Gasteiger partial charge in [-0.15, -0.1) is 5.10 Å². The maximum absolute atomic E-state index is 12.5. The summed E-state index contributed by atoms with van der Waals surface area (Å²) in [5.74, 6) is 2.55. The molecule has 3 N–H and O–H groups in total. The first-order valence-electron chi connectivity index (χ1n) is 11.2. The fraction of sp³-hybridized carbons (Fsp3) is 0.524. The number of carbonyl (C=O) groups is 1. The molecular weight excluding hydrogens is 408 g/mol. The van der Waals surface area contributed by atoms with E-state index >= 15 is 0 Å². The topological polar surface area (TPSA) is 130 Å². The molecule has 0 bridgehead atoms. The second kappa shape index (κ2) is 8.93. The number of aromatic amines is 1. The van der Waals surface area contributed by atoms with Crippen molar-refractivity contribution in [2.24, 2.45) is 7.05 Å². The first-order valence-corrected chi connectivity index (χ1v) is 11.2. The maximum Gasteiger partial charge on any atom is 0.276 e. The number of piperidine rings is 1. The Bertz CT molecular complexity index is 1060. The first kappa shape index (κ1) is 20.4. The van der Waals surface area contributed by atoms with Crippen molar-refractivity contribution in [3.8, 4) is 0 Å². The largest absolute Gasteiger partial charge is 0.351 e. The molecule has 32 heavy (non-hydrogen) atoms. The molecule has 3 aromatic heterocycles. The molecule has 0 spiro atoms. The molecule has 0 aromatic carbocycles. The number of carbonyl (C=O) groups excluding carboxylic acids is 1. The Hall–Kier alpha value is -3.50. The monoisotopic (exact) mass is 436 g/mol. The van der Waals surface area contributed by atoms with E-state index in [1.807, 2.05) is 11.0 Å². The van der Waals surface area contributed by atoms with Gasteiger partial charge in [-0.2, -0.15) is 10.1 Å². The van der Waals surface area contributed by atoms with Gasteiger partial charge in [0.25, 0.3) is 5.91 Å². The number of aryl methyl sites for hydroxylation is 1. The van der Waals surface area contributed by atoms with Crippen LogP contribution in [0.5, 0.6) is 0 Å². The first-order chi connectivity index (χ1) is 15.6. The summed E-state index contributed by atoms with van der Waals surface area (Å²) in [4.78, 5) is 23.3. The second-order valence-corrected chi connectivity index (χ2v) is 8.57. The lowest BCUT2D eigenvalue weighted by Crippen LogP contribution is -2.42. The standard InChI is InChI=1S/C21H28N10O/c1-30-13-17(27-29-30)20(32)31-10-7-15(8-11-31)23-21-22-9-6-18(25-21)24-19-12-16(26-28-19)14-4-2-3-5-14/h6,9,12-15H,2-5,7-8,10-11H2,1H3,(H3,22,23,24,25,26,28). The molecule has 1 saturated heterocycles. The van der Waals surface area contributed by atoms with Crippen LogP contribution < -0.4 is 10.6 Å². The Morgan fingerprint density at radius 1 is 1.16 bits per heavy atom. The average molecular weight is 437 g/mol. The van der Waals surface area contributed by atoms with Crippen molar-refractivity contribution >= 4 is 23.5 Å². The minimum absolute atomic E-state index is 0.0741. The third-order valence-corrected chi connectivity index (χ3v) is 6.24. The van der Waals surface area contributed by atoms with Gasteiger partial charge in [-0.05, 0) is 31.7 Å². The molecule has 5 rings (SSSR count). The van der Waals surface area contributed by atoms with Crippen LogP contribution in [0.4, 0.5) is 17.6 Å². The average Bonchev–Trinajstić information content (AvgIpc) is 3.56. The predicted molar refractivity (Wildman–Crippen MR) is 119 cm³/mol. The fourth-order valence-corrected chi connectivity index (χ4v) is 4.49. The summed E-state index contributed by atoms with van der Waals surface area (Å²) < 4.78 is 1.54. The smallest absolute Gasteiger partial charge is 0.276 e. The summed E-state index contributed by atoms with van der Waals surface area (Å²) >= 11 is 0. The molecule has 168 valence electrons. The van der Waals surface area contributed by atoms with E-state index in [1.54, 1.807) is 24.1 Å². The highest BCUT2D eigenvalue weighted by atomic mass is 16.2. The van der Waals surface area contributed by atoms with Crippen LogP contribution in [-0.2, 0) is 7.05 Å². The Balaban J connectivity index is 1.15. The summed E-state index contributed by atoms with van der Waals surface area (Å²) in [5.41, 5.74) is 1.58. The molecular formula is C21H28N10O. The number of H-pyrrole nitrogens is 1. The van der Waals surface area contributed by atoms with Gasteiger partial charge in [-0.1, -0.05) is 18.1 Å². The summed E-state index contributed by atoms with van der Waals surface area (Å²) in [6, 6.07) is 4.11. The van der Waals surface area contributed by atoms with Crippen molar-refractivity contribution in [2.45, 2.75) is 50.5 Å². The van der Waals surface area contributed by atoms with Crippen LogP contribution in [0.2, 0.25) is 0 Å². The number of aromatic nitrogens is 7. The molecule has 2 aliphatic rings. The molecule has 1 saturated carbocycles. The van der Waals surface area contributed by atoms with E-state index in [1.165, 1.54) is 31.4 Å². The maximum atomic E-state index is 12.5. The summed E-state index contributed by atoms with van der Waals surface area (Å²) in [6.07, 6.45) is 10.1. The number of amides is 1. The molecule has 1 aliphatic heterocycles. The minimum Gasteiger partial charge on any atom is -0.351 e. The van der Waals surface area contributed by atoms with E-state index in [9.17, 15) is 4.79 Å². The van der Waals surface area contributed by atoms with Crippen LogP contribution >= 0.6 is 0 Å². The predicted octanol–water partition coefficient (Wildman–Crippen LogP) is 2.45. The minimum atomic E-state index is -0.0741. The molecule has 11 heteroatoms. The highest BCUT2D eigenvalue weighted by molar-refractivity contribution is 5.92. The number of hydrogen-bond donors (Lipinski definition) is 3. The fourth-order valence-electron chi connectivity index (χ4n) is 4.49. The third kappa shape index (κ3) is 4.56. The molecule has 0 unspecified atom stereocenters. The van der Waals surface area contributed by atoms with Crippen LogP contribution in [0.15, 0.2) is 24.5 Å². The second-order valence-electron chi connectivity index (χ2n) is 8.57. The SMILES string of the molecule is Cn1cc(C(=O)N2CCC(Nc3nccc(Nc4cc(C5CCCC5)[nH]n4)n3)CC2)nn1. The Labute approximate surface area is 186 Å². The number of anilines is 3. The Morgan fingerprint density at radius 2 is 1.97 bits per heavy atom. The van der Waals surface area contributed by atoms with Crippen molar-refractivity contribution in [3.63, 3.8) is 0 Å². The van der Waals surface area contributed by atoms with Crippen LogP contribution in [-0.4, -0.2) is 65.1 Å². The van der Waals surface area contributed by atoms with Crippen molar-refractivity contribution in [1.82, 2.24) is 40.1 Å². The number of nitrogens with zero attached hydrogens (tertiary/aromatic N) is 7. The van der Waals surface area contributed by atoms with Crippen LogP contribution in [0.25, 0.3) is 0 Å². The van der Waals surface area contributed by atoms with E-state index in [0.717, 1.165) is 18.7 Å². The van der Waals surface area contributed by atoms with Crippen molar-refractivity contribution in [1.29, 1.82) is 0 Å². The molecule has 0 radical (unpaired) electrons. The van der Waals surface area contributed by atoms with Gasteiger partial charge in [0.2, 0.25) is 5.95 Å². The van der Waals surface area contributed by atoms with Crippen LogP contribution in [0.3, 0.4) is 0 Å². The number of hydrogen-bond acceptors (Lipinski definition) is 8. The lowest BCUT2D eigenvalue weighted by atomic mass is 10.0. The summed E-state index contributed by atoms with van der Waals surface area (Å²) in [7, 11) is 1.75. The molecule has 11 nitrogen and oxygen atoms in total. The van der Waals surface area contributed by atoms with Gasteiger partial charge in [0.15, 0.2) is 11.5 Å². The molecule has 1 amide bonds. The van der Waals surface area contributed by atoms with E-state index in [-0.39, 0.29) is 11.9 Å². The van der Waals surface area contributed by atoms with Gasteiger partial charge >= 0.3 is 0 Å². The molecule has 3 aromatic rings. The van der Waals surface area contributed by atoms with Crippen LogP contribution in [0.1, 0.15) is 60.6 Å². The normalized spacial score (nSPS) is 17.6. The van der Waals surface area contributed by atoms with E-state index in [2.05, 4.69) is 47.2 Å². The van der Waals surface area contributed by atoms with E-state index in [4.69, 9.17) is 0 Å². The van der Waals surface area contributed by atoms with Crippen LogP contribution in [0, 0.1) is 0 Å². The Kier molecular flexibility index (Phi) is 5.70. The molecule has 4 heterocycles. The molecule has 1 aliphatic carbocycles.